The van der Waals surface area contributed by atoms with E-state index in [1.807, 2.05) is 0 Å². The van der Waals surface area contributed by atoms with E-state index in [9.17, 15) is 13.2 Å². The number of hydrogen-bond acceptors (Lipinski definition) is 1. The molecule has 1 aromatic carbocycles. The zero-order valence-corrected chi connectivity index (χ0v) is 11.3. The highest BCUT2D eigenvalue weighted by molar-refractivity contribution is 5.25. The van der Waals surface area contributed by atoms with E-state index >= 15 is 0 Å². The van der Waals surface area contributed by atoms with E-state index in [2.05, 4.69) is 19.2 Å². The van der Waals surface area contributed by atoms with Crippen molar-refractivity contribution in [1.82, 2.24) is 5.32 Å². The van der Waals surface area contributed by atoms with Crippen molar-refractivity contribution >= 4 is 0 Å². The lowest BCUT2D eigenvalue weighted by Crippen LogP contribution is -2.27. The third-order valence-corrected chi connectivity index (χ3v) is 4.18. The topological polar surface area (TPSA) is 12.0 Å². The van der Waals surface area contributed by atoms with Crippen LogP contribution in [-0.2, 0) is 12.7 Å². The summed E-state index contributed by atoms with van der Waals surface area (Å²) >= 11 is 0. The molecule has 106 valence electrons. The zero-order valence-electron chi connectivity index (χ0n) is 11.3. The Labute approximate surface area is 112 Å². The third kappa shape index (κ3) is 3.50. The Morgan fingerprint density at radius 3 is 2.47 bits per heavy atom. The number of alkyl halides is 3. The van der Waals surface area contributed by atoms with Crippen molar-refractivity contribution in [2.24, 2.45) is 11.3 Å². The highest BCUT2D eigenvalue weighted by Gasteiger charge is 2.44. The molecule has 1 aromatic rings. The highest BCUT2D eigenvalue weighted by Crippen LogP contribution is 2.51. The molecule has 0 atom stereocenters. The van der Waals surface area contributed by atoms with Crippen LogP contribution >= 0.6 is 0 Å². The van der Waals surface area contributed by atoms with Gasteiger partial charge in [-0.3, -0.25) is 0 Å². The first-order valence-electron chi connectivity index (χ1n) is 6.70. The van der Waals surface area contributed by atoms with Crippen molar-refractivity contribution in [1.29, 1.82) is 0 Å². The summed E-state index contributed by atoms with van der Waals surface area (Å²) in [7, 11) is 0. The van der Waals surface area contributed by atoms with Crippen LogP contribution in [0.5, 0.6) is 0 Å². The summed E-state index contributed by atoms with van der Waals surface area (Å²) in [5, 5.41) is 3.30. The molecular formula is C15H20F3N. The zero-order chi connectivity index (χ0) is 14.1. The quantitative estimate of drug-likeness (QED) is 0.845. The number of rotatable bonds is 5. The van der Waals surface area contributed by atoms with Crippen LogP contribution in [0.15, 0.2) is 24.3 Å². The molecule has 0 amide bonds. The van der Waals surface area contributed by atoms with Gasteiger partial charge in [0.15, 0.2) is 0 Å². The van der Waals surface area contributed by atoms with Gasteiger partial charge in [-0.25, -0.2) is 0 Å². The Morgan fingerprint density at radius 1 is 1.26 bits per heavy atom. The van der Waals surface area contributed by atoms with Crippen molar-refractivity contribution in [3.63, 3.8) is 0 Å². The molecule has 1 fully saturated rings. The van der Waals surface area contributed by atoms with Gasteiger partial charge >= 0.3 is 6.18 Å². The Morgan fingerprint density at radius 2 is 1.95 bits per heavy atom. The minimum absolute atomic E-state index is 0.377. The number of nitrogens with one attached hydrogen (secondary N) is 1. The molecule has 0 aromatic heterocycles. The minimum Gasteiger partial charge on any atom is -0.312 e. The summed E-state index contributed by atoms with van der Waals surface area (Å²) < 4.78 is 37.7. The molecule has 19 heavy (non-hydrogen) atoms. The molecule has 0 saturated heterocycles. The van der Waals surface area contributed by atoms with Gasteiger partial charge in [-0.1, -0.05) is 32.0 Å². The Bertz CT molecular complexity index is 433. The van der Waals surface area contributed by atoms with Gasteiger partial charge in [0.25, 0.3) is 0 Å². The average Bonchev–Trinajstić information content (AvgIpc) is 3.09. The summed E-state index contributed by atoms with van der Waals surface area (Å²) in [6, 6.07) is 5.54. The lowest BCUT2D eigenvalue weighted by molar-refractivity contribution is -0.137. The maximum absolute atomic E-state index is 12.6. The maximum Gasteiger partial charge on any atom is 0.416 e. The summed E-state index contributed by atoms with van der Waals surface area (Å²) in [5.41, 5.74) is 0.493. The third-order valence-electron chi connectivity index (χ3n) is 4.18. The van der Waals surface area contributed by atoms with Gasteiger partial charge in [-0.2, -0.15) is 13.2 Å². The van der Waals surface area contributed by atoms with Crippen LogP contribution in [-0.4, -0.2) is 6.54 Å². The second-order valence-electron chi connectivity index (χ2n) is 5.82. The molecule has 1 N–H and O–H groups in total. The molecule has 0 spiro atoms. The van der Waals surface area contributed by atoms with Crippen LogP contribution in [0.3, 0.4) is 0 Å². The smallest absolute Gasteiger partial charge is 0.312 e. The fraction of sp³-hybridized carbons (Fsp3) is 0.600. The molecule has 0 bridgehead atoms. The van der Waals surface area contributed by atoms with E-state index in [1.54, 1.807) is 6.07 Å². The Hall–Kier alpha value is -1.03. The molecule has 1 nitrogen and oxygen atoms in total. The van der Waals surface area contributed by atoms with Gasteiger partial charge in [0.1, 0.15) is 0 Å². The van der Waals surface area contributed by atoms with Gasteiger partial charge in [-0.15, -0.1) is 0 Å². The van der Waals surface area contributed by atoms with E-state index in [4.69, 9.17) is 0 Å². The highest BCUT2D eigenvalue weighted by atomic mass is 19.4. The molecule has 0 radical (unpaired) electrons. The van der Waals surface area contributed by atoms with E-state index in [-0.39, 0.29) is 0 Å². The number of benzene rings is 1. The van der Waals surface area contributed by atoms with Crippen molar-refractivity contribution < 1.29 is 13.2 Å². The molecule has 0 heterocycles. The number of halogens is 3. The molecule has 0 aliphatic heterocycles. The van der Waals surface area contributed by atoms with Gasteiger partial charge in [0.05, 0.1) is 5.56 Å². The average molecular weight is 271 g/mol. The summed E-state index contributed by atoms with van der Waals surface area (Å²) in [6.45, 7) is 5.80. The SMILES string of the molecule is CC(C)C1(CNCc2cccc(C(F)(F)F)c2)CC1. The molecule has 4 heteroatoms. The lowest BCUT2D eigenvalue weighted by atomic mass is 9.92. The summed E-state index contributed by atoms with van der Waals surface area (Å²) in [4.78, 5) is 0. The van der Waals surface area contributed by atoms with Crippen LogP contribution in [0.4, 0.5) is 13.2 Å². The normalized spacial score (nSPS) is 17.8. The Kier molecular flexibility index (Phi) is 3.90. The van der Waals surface area contributed by atoms with E-state index in [0.29, 0.717) is 23.4 Å². The van der Waals surface area contributed by atoms with Crippen molar-refractivity contribution in [3.8, 4) is 0 Å². The molecule has 1 aliphatic rings. The first-order valence-corrected chi connectivity index (χ1v) is 6.70. The van der Waals surface area contributed by atoms with Crippen LogP contribution in [0.2, 0.25) is 0 Å². The first-order chi connectivity index (χ1) is 8.83. The van der Waals surface area contributed by atoms with Gasteiger partial charge in [-0.05, 0) is 35.8 Å². The van der Waals surface area contributed by atoms with Gasteiger partial charge in [0, 0.05) is 13.1 Å². The Balaban J connectivity index is 1.90. The lowest BCUT2D eigenvalue weighted by Gasteiger charge is -2.20. The standard InChI is InChI=1S/C15H20F3N/c1-11(2)14(6-7-14)10-19-9-12-4-3-5-13(8-12)15(16,17)18/h3-5,8,11,19H,6-7,9-10H2,1-2H3. The molecular weight excluding hydrogens is 251 g/mol. The van der Waals surface area contributed by atoms with Crippen LogP contribution in [0.25, 0.3) is 0 Å². The minimum atomic E-state index is -4.26. The van der Waals surface area contributed by atoms with Gasteiger partial charge < -0.3 is 5.32 Å². The molecule has 0 unspecified atom stereocenters. The largest absolute Gasteiger partial charge is 0.416 e. The van der Waals surface area contributed by atoms with E-state index < -0.39 is 11.7 Å². The van der Waals surface area contributed by atoms with Crippen molar-refractivity contribution in [2.45, 2.75) is 39.4 Å². The predicted octanol–water partition coefficient (Wildman–Crippen LogP) is 4.23. The molecule has 2 rings (SSSR count). The van der Waals surface area contributed by atoms with Gasteiger partial charge in [0.2, 0.25) is 0 Å². The predicted molar refractivity (Wildman–Crippen MR) is 69.7 cm³/mol. The van der Waals surface area contributed by atoms with E-state index in [0.717, 1.165) is 12.6 Å². The van der Waals surface area contributed by atoms with Crippen LogP contribution in [0, 0.1) is 11.3 Å². The van der Waals surface area contributed by atoms with Crippen LogP contribution in [0.1, 0.15) is 37.8 Å². The fourth-order valence-electron chi connectivity index (χ4n) is 2.43. The molecule has 1 aliphatic carbocycles. The number of hydrogen-bond donors (Lipinski definition) is 1. The molecule has 1 saturated carbocycles. The van der Waals surface area contributed by atoms with Crippen molar-refractivity contribution in [2.75, 3.05) is 6.54 Å². The van der Waals surface area contributed by atoms with Crippen molar-refractivity contribution in [3.05, 3.63) is 35.4 Å². The van der Waals surface area contributed by atoms with E-state index in [1.165, 1.54) is 25.0 Å². The second kappa shape index (κ2) is 5.16. The first kappa shape index (κ1) is 14.4. The van der Waals surface area contributed by atoms with Crippen LogP contribution < -0.4 is 5.32 Å². The monoisotopic (exact) mass is 271 g/mol. The summed E-state index contributed by atoms with van der Waals surface area (Å²) in [5.74, 6) is 0.626. The summed E-state index contributed by atoms with van der Waals surface area (Å²) in [6.07, 6.45) is -1.81. The maximum atomic E-state index is 12.6. The second-order valence-corrected chi connectivity index (χ2v) is 5.82. The fourth-order valence-corrected chi connectivity index (χ4v) is 2.43.